The second kappa shape index (κ2) is 5.02. The first-order valence-corrected chi connectivity index (χ1v) is 6.10. The van der Waals surface area contributed by atoms with Gasteiger partial charge in [0, 0.05) is 11.6 Å². The molecule has 0 atom stereocenters. The molecule has 0 saturated carbocycles. The van der Waals surface area contributed by atoms with Gasteiger partial charge < -0.3 is 13.7 Å². The Morgan fingerprint density at radius 2 is 1.95 bits per heavy atom. The highest BCUT2D eigenvalue weighted by molar-refractivity contribution is 5.64. The lowest BCUT2D eigenvalue weighted by molar-refractivity contribution is 0.340. The van der Waals surface area contributed by atoms with E-state index in [0.29, 0.717) is 18.1 Å². The molecule has 0 aliphatic rings. The van der Waals surface area contributed by atoms with Crippen LogP contribution in [0.2, 0.25) is 0 Å². The van der Waals surface area contributed by atoms with Gasteiger partial charge in [-0.1, -0.05) is 5.16 Å². The minimum absolute atomic E-state index is 0.619. The van der Waals surface area contributed by atoms with Crippen molar-refractivity contribution in [3.05, 3.63) is 48.7 Å². The van der Waals surface area contributed by atoms with Crippen LogP contribution in [-0.2, 0) is 0 Å². The van der Waals surface area contributed by atoms with E-state index >= 15 is 0 Å². The van der Waals surface area contributed by atoms with Crippen molar-refractivity contribution in [3.63, 3.8) is 0 Å². The second-order valence-corrected chi connectivity index (χ2v) is 4.01. The van der Waals surface area contributed by atoms with Crippen LogP contribution >= 0.6 is 0 Å². The van der Waals surface area contributed by atoms with E-state index in [-0.39, 0.29) is 0 Å². The largest absolute Gasteiger partial charge is 0.494 e. The van der Waals surface area contributed by atoms with Crippen LogP contribution in [-0.4, -0.2) is 11.8 Å². The maximum Gasteiger partial charge on any atom is 0.202 e. The van der Waals surface area contributed by atoms with Crippen molar-refractivity contribution in [2.45, 2.75) is 6.92 Å². The van der Waals surface area contributed by atoms with Gasteiger partial charge in [-0.2, -0.15) is 0 Å². The molecule has 0 aliphatic carbocycles. The van der Waals surface area contributed by atoms with E-state index < -0.39 is 0 Å². The van der Waals surface area contributed by atoms with Gasteiger partial charge in [-0.3, -0.25) is 0 Å². The third-order valence-electron chi connectivity index (χ3n) is 2.74. The molecule has 0 bridgehead atoms. The Bertz CT molecular complexity index is 638. The van der Waals surface area contributed by atoms with Gasteiger partial charge in [0.05, 0.1) is 12.9 Å². The number of furan rings is 1. The number of hydrogen-bond acceptors (Lipinski definition) is 4. The summed E-state index contributed by atoms with van der Waals surface area (Å²) in [6.07, 6.45) is 1.61. The predicted molar refractivity (Wildman–Crippen MR) is 70.8 cm³/mol. The maximum absolute atomic E-state index is 5.40. The zero-order valence-corrected chi connectivity index (χ0v) is 10.5. The Balaban J connectivity index is 1.86. The smallest absolute Gasteiger partial charge is 0.202 e. The molecule has 4 heteroatoms. The van der Waals surface area contributed by atoms with Crippen LogP contribution in [0.3, 0.4) is 0 Å². The fourth-order valence-corrected chi connectivity index (χ4v) is 1.83. The van der Waals surface area contributed by atoms with Gasteiger partial charge in [0.25, 0.3) is 0 Å². The molecule has 1 aromatic carbocycles. The van der Waals surface area contributed by atoms with Gasteiger partial charge in [-0.25, -0.2) is 0 Å². The monoisotopic (exact) mass is 255 g/mol. The summed E-state index contributed by atoms with van der Waals surface area (Å²) in [4.78, 5) is 0. The first kappa shape index (κ1) is 11.6. The standard InChI is InChI=1S/C15H13NO3/c1-2-17-12-7-5-11(6-8-12)13-10-15(19-16-13)14-4-3-9-18-14/h3-10H,2H2,1H3. The normalized spacial score (nSPS) is 10.6. The lowest BCUT2D eigenvalue weighted by Crippen LogP contribution is -1.90. The van der Waals surface area contributed by atoms with E-state index in [1.165, 1.54) is 0 Å². The summed E-state index contributed by atoms with van der Waals surface area (Å²) >= 11 is 0. The Hall–Kier alpha value is -2.49. The molecule has 0 saturated heterocycles. The molecule has 0 radical (unpaired) electrons. The van der Waals surface area contributed by atoms with E-state index in [9.17, 15) is 0 Å². The van der Waals surface area contributed by atoms with Crippen LogP contribution in [0.1, 0.15) is 6.92 Å². The number of nitrogens with zero attached hydrogens (tertiary/aromatic N) is 1. The molecule has 19 heavy (non-hydrogen) atoms. The Morgan fingerprint density at radius 3 is 2.63 bits per heavy atom. The molecule has 96 valence electrons. The minimum Gasteiger partial charge on any atom is -0.494 e. The first-order valence-electron chi connectivity index (χ1n) is 6.10. The molecule has 0 N–H and O–H groups in total. The van der Waals surface area contributed by atoms with Crippen molar-refractivity contribution in [2.24, 2.45) is 0 Å². The highest BCUT2D eigenvalue weighted by Gasteiger charge is 2.10. The SMILES string of the molecule is CCOc1ccc(-c2cc(-c3ccco3)on2)cc1. The minimum atomic E-state index is 0.619. The fraction of sp³-hybridized carbons (Fsp3) is 0.133. The van der Waals surface area contributed by atoms with Crippen LogP contribution in [0.4, 0.5) is 0 Å². The van der Waals surface area contributed by atoms with Crippen molar-refractivity contribution in [1.82, 2.24) is 5.16 Å². The molecule has 4 nitrogen and oxygen atoms in total. The zero-order chi connectivity index (χ0) is 13.1. The van der Waals surface area contributed by atoms with Gasteiger partial charge in [-0.15, -0.1) is 0 Å². The van der Waals surface area contributed by atoms with E-state index in [4.69, 9.17) is 13.7 Å². The summed E-state index contributed by atoms with van der Waals surface area (Å²) in [6.45, 7) is 2.62. The average molecular weight is 255 g/mol. The Labute approximate surface area is 110 Å². The van der Waals surface area contributed by atoms with Crippen molar-refractivity contribution < 1.29 is 13.7 Å². The van der Waals surface area contributed by atoms with Gasteiger partial charge >= 0.3 is 0 Å². The summed E-state index contributed by atoms with van der Waals surface area (Å²) < 4.78 is 15.9. The number of rotatable bonds is 4. The first-order chi connectivity index (χ1) is 9.36. The van der Waals surface area contributed by atoms with Gasteiger partial charge in [0.15, 0.2) is 5.76 Å². The zero-order valence-electron chi connectivity index (χ0n) is 10.5. The summed E-state index contributed by atoms with van der Waals surface area (Å²) in [7, 11) is 0. The molecule has 0 fully saturated rings. The molecule has 0 amide bonds. The van der Waals surface area contributed by atoms with Gasteiger partial charge in [0.1, 0.15) is 11.4 Å². The topological polar surface area (TPSA) is 48.4 Å². The van der Waals surface area contributed by atoms with Crippen molar-refractivity contribution >= 4 is 0 Å². The van der Waals surface area contributed by atoms with E-state index in [0.717, 1.165) is 17.0 Å². The van der Waals surface area contributed by atoms with Crippen LogP contribution in [0, 0.1) is 0 Å². The lowest BCUT2D eigenvalue weighted by atomic mass is 10.1. The highest BCUT2D eigenvalue weighted by atomic mass is 16.5. The van der Waals surface area contributed by atoms with Crippen molar-refractivity contribution in [1.29, 1.82) is 0 Å². The molecular weight excluding hydrogens is 242 g/mol. The Kier molecular flexibility index (Phi) is 3.06. The van der Waals surface area contributed by atoms with Crippen LogP contribution in [0.25, 0.3) is 22.8 Å². The number of aromatic nitrogens is 1. The van der Waals surface area contributed by atoms with Crippen molar-refractivity contribution in [2.75, 3.05) is 6.61 Å². The van der Waals surface area contributed by atoms with Crippen molar-refractivity contribution in [3.8, 4) is 28.5 Å². The third-order valence-corrected chi connectivity index (χ3v) is 2.74. The van der Waals surface area contributed by atoms with Gasteiger partial charge in [0.2, 0.25) is 5.76 Å². The van der Waals surface area contributed by atoms with E-state index in [1.807, 2.05) is 49.4 Å². The average Bonchev–Trinajstić information content (AvgIpc) is 3.11. The number of benzene rings is 1. The molecule has 2 heterocycles. The lowest BCUT2D eigenvalue weighted by Gasteiger charge is -2.02. The molecule has 0 aliphatic heterocycles. The number of ether oxygens (including phenoxy) is 1. The fourth-order valence-electron chi connectivity index (χ4n) is 1.83. The van der Waals surface area contributed by atoms with Crippen LogP contribution in [0.15, 0.2) is 57.7 Å². The predicted octanol–water partition coefficient (Wildman–Crippen LogP) is 4.00. The third kappa shape index (κ3) is 2.38. The maximum atomic E-state index is 5.40. The summed E-state index contributed by atoms with van der Waals surface area (Å²) in [5.74, 6) is 2.14. The summed E-state index contributed by atoms with van der Waals surface area (Å²) in [6, 6.07) is 13.2. The molecular formula is C15H13NO3. The molecule has 0 spiro atoms. The Morgan fingerprint density at radius 1 is 1.11 bits per heavy atom. The molecule has 0 unspecified atom stereocenters. The number of hydrogen-bond donors (Lipinski definition) is 0. The summed E-state index contributed by atoms with van der Waals surface area (Å²) in [5, 5.41) is 4.04. The molecule has 2 aromatic heterocycles. The van der Waals surface area contributed by atoms with Crippen LogP contribution < -0.4 is 4.74 Å². The molecule has 3 rings (SSSR count). The molecule has 3 aromatic rings. The second-order valence-electron chi connectivity index (χ2n) is 4.01. The van der Waals surface area contributed by atoms with E-state index in [1.54, 1.807) is 6.26 Å². The van der Waals surface area contributed by atoms with E-state index in [2.05, 4.69) is 5.16 Å². The van der Waals surface area contributed by atoms with Crippen LogP contribution in [0.5, 0.6) is 5.75 Å². The summed E-state index contributed by atoms with van der Waals surface area (Å²) in [5.41, 5.74) is 1.75. The van der Waals surface area contributed by atoms with Gasteiger partial charge in [-0.05, 0) is 43.3 Å². The quantitative estimate of drug-likeness (QED) is 0.707. The highest BCUT2D eigenvalue weighted by Crippen LogP contribution is 2.27.